The van der Waals surface area contributed by atoms with E-state index >= 15 is 0 Å². The van der Waals surface area contributed by atoms with Crippen molar-refractivity contribution < 1.29 is 0 Å². The van der Waals surface area contributed by atoms with Crippen molar-refractivity contribution in [2.45, 2.75) is 52.9 Å². The Bertz CT molecular complexity index is 462. The molecule has 0 spiro atoms. The zero-order valence-electron chi connectivity index (χ0n) is 13.4. The Morgan fingerprint density at radius 2 is 1.67 bits per heavy atom. The van der Waals surface area contributed by atoms with E-state index in [1.165, 1.54) is 25.7 Å². The highest BCUT2D eigenvalue weighted by Gasteiger charge is 2.38. The van der Waals surface area contributed by atoms with Crippen LogP contribution in [0.2, 0.25) is 10.0 Å². The molecule has 0 amide bonds. The maximum atomic E-state index is 6.34. The van der Waals surface area contributed by atoms with E-state index < -0.39 is 0 Å². The van der Waals surface area contributed by atoms with Crippen molar-refractivity contribution in [1.29, 1.82) is 0 Å². The third-order valence-electron chi connectivity index (χ3n) is 5.32. The van der Waals surface area contributed by atoms with Crippen LogP contribution in [0, 0.1) is 16.7 Å². The van der Waals surface area contributed by atoms with Crippen molar-refractivity contribution in [3.63, 3.8) is 0 Å². The molecule has 1 nitrogen and oxygen atoms in total. The van der Waals surface area contributed by atoms with Crippen LogP contribution in [0.4, 0.5) is 0 Å². The molecule has 0 bridgehead atoms. The first kappa shape index (κ1) is 17.1. The van der Waals surface area contributed by atoms with Crippen LogP contribution < -0.4 is 5.73 Å². The second-order valence-electron chi connectivity index (χ2n) is 7.72. The van der Waals surface area contributed by atoms with Crippen molar-refractivity contribution >= 4 is 23.2 Å². The average molecular weight is 328 g/mol. The van der Waals surface area contributed by atoms with Crippen LogP contribution in [0.25, 0.3) is 0 Å². The largest absolute Gasteiger partial charge is 0.330 e. The minimum absolute atomic E-state index is 0.163. The van der Waals surface area contributed by atoms with Crippen molar-refractivity contribution in [1.82, 2.24) is 0 Å². The zero-order chi connectivity index (χ0) is 15.7. The van der Waals surface area contributed by atoms with Gasteiger partial charge in [0.2, 0.25) is 0 Å². The third kappa shape index (κ3) is 3.94. The Hall–Kier alpha value is -0.240. The lowest BCUT2D eigenvalue weighted by atomic mass is 9.62. The van der Waals surface area contributed by atoms with Crippen molar-refractivity contribution in [3.05, 3.63) is 33.8 Å². The van der Waals surface area contributed by atoms with Crippen LogP contribution in [0.15, 0.2) is 18.2 Å². The Kier molecular flexibility index (Phi) is 5.28. The molecule has 3 heteroatoms. The molecular weight excluding hydrogens is 301 g/mol. The molecule has 0 heterocycles. The maximum Gasteiger partial charge on any atom is 0.0453 e. The molecule has 21 heavy (non-hydrogen) atoms. The molecular formula is C18H27Cl2N. The molecule has 1 aliphatic carbocycles. The first-order valence-corrected chi connectivity index (χ1v) is 8.66. The Labute approximate surface area is 139 Å². The Morgan fingerprint density at radius 3 is 2.10 bits per heavy atom. The van der Waals surface area contributed by atoms with E-state index in [2.05, 4.69) is 20.8 Å². The topological polar surface area (TPSA) is 26.0 Å². The van der Waals surface area contributed by atoms with Crippen LogP contribution in [0.5, 0.6) is 0 Å². The molecule has 0 aliphatic heterocycles. The summed E-state index contributed by atoms with van der Waals surface area (Å²) >= 11 is 12.7. The Morgan fingerprint density at radius 1 is 1.14 bits per heavy atom. The summed E-state index contributed by atoms with van der Waals surface area (Å²) in [5, 5.41) is 1.54. The number of rotatable bonds is 3. The van der Waals surface area contributed by atoms with Gasteiger partial charge in [0, 0.05) is 10.0 Å². The van der Waals surface area contributed by atoms with Gasteiger partial charge in [0.15, 0.2) is 0 Å². The van der Waals surface area contributed by atoms with Gasteiger partial charge in [-0.15, -0.1) is 0 Å². The van der Waals surface area contributed by atoms with E-state index in [4.69, 9.17) is 28.9 Å². The van der Waals surface area contributed by atoms with Gasteiger partial charge in [-0.05, 0) is 73.1 Å². The number of hydrogen-bond donors (Lipinski definition) is 1. The number of benzene rings is 1. The summed E-state index contributed by atoms with van der Waals surface area (Å²) in [5.74, 6) is 0.791. The van der Waals surface area contributed by atoms with Gasteiger partial charge in [0.05, 0.1) is 0 Å². The molecule has 0 saturated heterocycles. The van der Waals surface area contributed by atoms with Crippen LogP contribution in [-0.4, -0.2) is 6.54 Å². The van der Waals surface area contributed by atoms with Crippen LogP contribution in [0.3, 0.4) is 0 Å². The van der Waals surface area contributed by atoms with Crippen molar-refractivity contribution in [3.8, 4) is 0 Å². The highest BCUT2D eigenvalue weighted by molar-refractivity contribution is 6.36. The summed E-state index contributed by atoms with van der Waals surface area (Å²) in [6.07, 6.45) is 5.75. The second kappa shape index (κ2) is 6.48. The van der Waals surface area contributed by atoms with E-state index in [0.29, 0.717) is 12.0 Å². The molecule has 118 valence electrons. The van der Waals surface area contributed by atoms with Gasteiger partial charge in [-0.3, -0.25) is 0 Å². The summed E-state index contributed by atoms with van der Waals surface area (Å²) in [6.45, 7) is 7.75. The molecule has 1 fully saturated rings. The molecule has 1 saturated carbocycles. The normalized spacial score (nSPS) is 26.9. The SMILES string of the molecule is CC(C)(C)C1CCC(CN)(Cc2c(Cl)cccc2Cl)CC1. The van der Waals surface area contributed by atoms with Gasteiger partial charge in [-0.2, -0.15) is 0 Å². The molecule has 0 aromatic heterocycles. The highest BCUT2D eigenvalue weighted by Crippen LogP contribution is 2.47. The lowest BCUT2D eigenvalue weighted by molar-refractivity contribution is 0.0927. The lowest BCUT2D eigenvalue weighted by Gasteiger charge is -2.44. The van der Waals surface area contributed by atoms with Crippen LogP contribution in [-0.2, 0) is 6.42 Å². The fraction of sp³-hybridized carbons (Fsp3) is 0.667. The molecule has 0 unspecified atom stereocenters. The molecule has 0 radical (unpaired) electrons. The minimum Gasteiger partial charge on any atom is -0.330 e. The minimum atomic E-state index is 0.163. The molecule has 1 aromatic carbocycles. The number of halogens is 2. The Balaban J connectivity index is 2.14. The summed E-state index contributed by atoms with van der Waals surface area (Å²) in [6, 6.07) is 5.75. The van der Waals surface area contributed by atoms with Gasteiger partial charge in [0.25, 0.3) is 0 Å². The standard InChI is InChI=1S/C18H27Cl2N/c1-17(2,3)13-7-9-18(12-21,10-8-13)11-14-15(19)5-4-6-16(14)20/h4-6,13H,7-12,21H2,1-3H3. The van der Waals surface area contributed by atoms with E-state index in [1.807, 2.05) is 18.2 Å². The van der Waals surface area contributed by atoms with Gasteiger partial charge < -0.3 is 5.73 Å². The van der Waals surface area contributed by atoms with E-state index in [0.717, 1.165) is 27.9 Å². The average Bonchev–Trinajstić information content (AvgIpc) is 2.43. The maximum absolute atomic E-state index is 6.34. The quantitative estimate of drug-likeness (QED) is 0.755. The summed E-state index contributed by atoms with van der Waals surface area (Å²) < 4.78 is 0. The smallest absolute Gasteiger partial charge is 0.0453 e. The zero-order valence-corrected chi connectivity index (χ0v) is 14.9. The summed E-state index contributed by atoms with van der Waals surface area (Å²) in [7, 11) is 0. The van der Waals surface area contributed by atoms with Gasteiger partial charge in [-0.25, -0.2) is 0 Å². The molecule has 0 atom stereocenters. The van der Waals surface area contributed by atoms with Gasteiger partial charge in [0.1, 0.15) is 0 Å². The molecule has 1 aromatic rings. The van der Waals surface area contributed by atoms with Crippen molar-refractivity contribution in [2.24, 2.45) is 22.5 Å². The van der Waals surface area contributed by atoms with Crippen molar-refractivity contribution in [2.75, 3.05) is 6.54 Å². The van der Waals surface area contributed by atoms with Crippen LogP contribution >= 0.6 is 23.2 Å². The first-order chi connectivity index (χ1) is 9.77. The molecule has 1 aliphatic rings. The molecule has 2 N–H and O–H groups in total. The lowest BCUT2D eigenvalue weighted by Crippen LogP contribution is -2.39. The monoisotopic (exact) mass is 327 g/mol. The van der Waals surface area contributed by atoms with E-state index in [-0.39, 0.29) is 5.41 Å². The highest BCUT2D eigenvalue weighted by atomic mass is 35.5. The fourth-order valence-corrected chi connectivity index (χ4v) is 4.16. The fourth-order valence-electron chi connectivity index (χ4n) is 3.63. The summed E-state index contributed by atoms with van der Waals surface area (Å²) in [4.78, 5) is 0. The van der Waals surface area contributed by atoms with Gasteiger partial charge in [-0.1, -0.05) is 50.0 Å². The summed E-state index contributed by atoms with van der Waals surface area (Å²) in [5.41, 5.74) is 7.78. The third-order valence-corrected chi connectivity index (χ3v) is 6.03. The predicted molar refractivity (Wildman–Crippen MR) is 93.1 cm³/mol. The number of nitrogens with two attached hydrogens (primary N) is 1. The first-order valence-electron chi connectivity index (χ1n) is 7.90. The second-order valence-corrected chi connectivity index (χ2v) is 8.54. The van der Waals surface area contributed by atoms with Crippen LogP contribution in [0.1, 0.15) is 52.0 Å². The van der Waals surface area contributed by atoms with Gasteiger partial charge >= 0.3 is 0 Å². The van der Waals surface area contributed by atoms with E-state index in [1.54, 1.807) is 0 Å². The van der Waals surface area contributed by atoms with E-state index in [9.17, 15) is 0 Å². The predicted octanol–water partition coefficient (Wildman–Crippen LogP) is 5.72. The number of hydrogen-bond acceptors (Lipinski definition) is 1. The molecule has 2 rings (SSSR count).